The van der Waals surface area contributed by atoms with E-state index in [4.69, 9.17) is 9.40 Å². The van der Waals surface area contributed by atoms with Gasteiger partial charge in [-0.2, -0.15) is 0 Å². The number of carbonyl (C=O) groups is 1. The van der Waals surface area contributed by atoms with Crippen molar-refractivity contribution in [2.45, 2.75) is 12.1 Å². The molecule has 0 aliphatic heterocycles. The number of thiazole rings is 1. The van der Waals surface area contributed by atoms with Crippen LogP contribution in [-0.2, 0) is 11.8 Å². The van der Waals surface area contributed by atoms with E-state index in [-0.39, 0.29) is 11.7 Å². The minimum Gasteiger partial charge on any atom is -0.461 e. The monoisotopic (exact) mass is 461 g/mol. The maximum Gasteiger partial charge on any atom is 0.234 e. The molecule has 0 aliphatic carbocycles. The van der Waals surface area contributed by atoms with E-state index in [1.54, 1.807) is 23.7 Å². The molecule has 5 rings (SSSR count). The lowest BCUT2D eigenvalue weighted by Crippen LogP contribution is -2.14. The fourth-order valence-electron chi connectivity index (χ4n) is 3.24. The van der Waals surface area contributed by atoms with Crippen molar-refractivity contribution in [3.05, 3.63) is 66.4 Å². The van der Waals surface area contributed by atoms with Gasteiger partial charge in [-0.3, -0.25) is 4.79 Å². The summed E-state index contributed by atoms with van der Waals surface area (Å²) in [5, 5.41) is 12.8. The molecule has 7 nitrogen and oxygen atoms in total. The van der Waals surface area contributed by atoms with Gasteiger partial charge in [-0.05, 0) is 61.0 Å². The number of anilines is 1. The average molecular weight is 462 g/mol. The topological polar surface area (TPSA) is 85.8 Å². The molecule has 5 aromatic rings. The van der Waals surface area contributed by atoms with Crippen LogP contribution in [0.25, 0.3) is 32.4 Å². The Hall–Kier alpha value is -3.43. The largest absolute Gasteiger partial charge is 0.461 e. The van der Waals surface area contributed by atoms with Crippen LogP contribution in [0.4, 0.5) is 5.69 Å². The number of aromatic nitrogens is 4. The van der Waals surface area contributed by atoms with Crippen molar-refractivity contribution < 1.29 is 9.21 Å². The van der Waals surface area contributed by atoms with Gasteiger partial charge in [0.1, 0.15) is 5.01 Å². The average Bonchev–Trinajstić information content (AvgIpc) is 3.52. The Morgan fingerprint density at radius 1 is 1.16 bits per heavy atom. The number of fused-ring (bicyclic) bond motifs is 1. The molecule has 160 valence electrons. The number of benzene rings is 2. The number of amides is 1. The first-order valence-electron chi connectivity index (χ1n) is 9.90. The van der Waals surface area contributed by atoms with Crippen molar-refractivity contribution in [3.8, 4) is 22.2 Å². The van der Waals surface area contributed by atoms with E-state index < -0.39 is 0 Å². The summed E-state index contributed by atoms with van der Waals surface area (Å²) in [7, 11) is 1.85. The Kier molecular flexibility index (Phi) is 5.50. The Balaban J connectivity index is 1.21. The van der Waals surface area contributed by atoms with Gasteiger partial charge in [0, 0.05) is 18.3 Å². The van der Waals surface area contributed by atoms with Crippen LogP contribution in [0.5, 0.6) is 0 Å². The molecule has 9 heteroatoms. The molecule has 3 heterocycles. The van der Waals surface area contributed by atoms with Gasteiger partial charge in [0.25, 0.3) is 0 Å². The Bertz CT molecular complexity index is 1390. The molecular weight excluding hydrogens is 442 g/mol. The molecule has 0 atom stereocenters. The predicted molar refractivity (Wildman–Crippen MR) is 128 cm³/mol. The molecule has 0 bridgehead atoms. The lowest BCUT2D eigenvalue weighted by Gasteiger charge is -2.06. The highest BCUT2D eigenvalue weighted by molar-refractivity contribution is 7.99. The van der Waals surface area contributed by atoms with Crippen molar-refractivity contribution in [1.29, 1.82) is 0 Å². The zero-order valence-corrected chi connectivity index (χ0v) is 19.0. The van der Waals surface area contributed by atoms with Crippen molar-refractivity contribution in [2.75, 3.05) is 11.1 Å². The van der Waals surface area contributed by atoms with Crippen LogP contribution in [0.2, 0.25) is 0 Å². The third kappa shape index (κ3) is 4.17. The number of thioether (sulfide) groups is 1. The number of aryl methyl sites for hydroxylation is 1. The molecule has 0 radical (unpaired) electrons. The number of rotatable bonds is 6. The van der Waals surface area contributed by atoms with Gasteiger partial charge in [0.2, 0.25) is 5.91 Å². The molecule has 0 fully saturated rings. The van der Waals surface area contributed by atoms with Crippen molar-refractivity contribution in [3.63, 3.8) is 0 Å². The molecule has 1 N–H and O–H groups in total. The second-order valence-electron chi connectivity index (χ2n) is 7.25. The number of furan rings is 1. The van der Waals surface area contributed by atoms with Crippen LogP contribution in [-0.4, -0.2) is 31.4 Å². The number of nitrogens with one attached hydrogen (secondary N) is 1. The summed E-state index contributed by atoms with van der Waals surface area (Å²) in [5.74, 6) is 1.38. The molecular formula is C23H19N5O2S2. The SMILES string of the molecule is Cc1ccc2nc(-c3ccc(NC(=O)CSc4nnc(-c5ccco5)n4C)cc3)sc2c1. The highest BCUT2D eigenvalue weighted by Gasteiger charge is 2.15. The predicted octanol–water partition coefficient (Wildman–Crippen LogP) is 5.39. The zero-order valence-electron chi connectivity index (χ0n) is 17.4. The first-order chi connectivity index (χ1) is 15.6. The number of hydrogen-bond donors (Lipinski definition) is 1. The van der Waals surface area contributed by atoms with Gasteiger partial charge in [-0.15, -0.1) is 21.5 Å². The summed E-state index contributed by atoms with van der Waals surface area (Å²) in [6.07, 6.45) is 1.59. The zero-order chi connectivity index (χ0) is 22.1. The summed E-state index contributed by atoms with van der Waals surface area (Å²) >= 11 is 2.99. The van der Waals surface area contributed by atoms with Crippen LogP contribution in [0.1, 0.15) is 5.56 Å². The first-order valence-corrected chi connectivity index (χ1v) is 11.7. The van der Waals surface area contributed by atoms with Crippen molar-refractivity contribution >= 4 is 44.9 Å². The Morgan fingerprint density at radius 3 is 2.78 bits per heavy atom. The molecule has 0 unspecified atom stereocenters. The van der Waals surface area contributed by atoms with Crippen LogP contribution in [0.15, 0.2) is 70.4 Å². The minimum atomic E-state index is -0.110. The molecule has 0 saturated heterocycles. The van der Waals surface area contributed by atoms with Gasteiger partial charge in [0.15, 0.2) is 16.7 Å². The van der Waals surface area contributed by atoms with E-state index in [9.17, 15) is 4.79 Å². The third-order valence-corrected chi connectivity index (χ3v) is 6.96. The maximum atomic E-state index is 12.4. The Morgan fingerprint density at radius 2 is 2.00 bits per heavy atom. The van der Waals surface area contributed by atoms with Gasteiger partial charge in [-0.25, -0.2) is 4.98 Å². The summed E-state index contributed by atoms with van der Waals surface area (Å²) in [5.41, 5.74) is 4.00. The highest BCUT2D eigenvalue weighted by Crippen LogP contribution is 2.31. The van der Waals surface area contributed by atoms with Crippen molar-refractivity contribution in [1.82, 2.24) is 19.7 Å². The lowest BCUT2D eigenvalue weighted by molar-refractivity contribution is -0.113. The fraction of sp³-hybridized carbons (Fsp3) is 0.130. The number of carbonyl (C=O) groups excluding carboxylic acids is 1. The smallest absolute Gasteiger partial charge is 0.234 e. The summed E-state index contributed by atoms with van der Waals surface area (Å²) in [4.78, 5) is 17.1. The van der Waals surface area contributed by atoms with E-state index in [1.807, 2.05) is 48.0 Å². The molecule has 0 aliphatic rings. The van der Waals surface area contributed by atoms with E-state index in [2.05, 4.69) is 34.6 Å². The molecule has 2 aromatic carbocycles. The van der Waals surface area contributed by atoms with Crippen LogP contribution >= 0.6 is 23.1 Å². The van der Waals surface area contributed by atoms with Gasteiger partial charge in [-0.1, -0.05) is 17.8 Å². The minimum absolute atomic E-state index is 0.110. The Labute approximate surface area is 192 Å². The summed E-state index contributed by atoms with van der Waals surface area (Å²) < 4.78 is 8.35. The van der Waals surface area contributed by atoms with Gasteiger partial charge < -0.3 is 14.3 Å². The standard InChI is InChI=1S/C23H19N5O2S2/c1-14-5-10-17-19(12-14)32-22(25-17)15-6-8-16(9-7-15)24-20(29)13-31-23-27-26-21(28(23)2)18-4-3-11-30-18/h3-12H,13H2,1-2H3,(H,24,29). The van der Waals surface area contributed by atoms with Gasteiger partial charge in [0.05, 0.1) is 22.2 Å². The van der Waals surface area contributed by atoms with E-state index in [1.165, 1.54) is 22.0 Å². The lowest BCUT2D eigenvalue weighted by atomic mass is 10.2. The highest BCUT2D eigenvalue weighted by atomic mass is 32.2. The number of hydrogen-bond acceptors (Lipinski definition) is 7. The second-order valence-corrected chi connectivity index (χ2v) is 9.22. The maximum absolute atomic E-state index is 12.4. The summed E-state index contributed by atoms with van der Waals surface area (Å²) in [6, 6.07) is 17.6. The molecule has 3 aromatic heterocycles. The first kappa shape index (κ1) is 20.5. The molecule has 1 amide bonds. The van der Waals surface area contributed by atoms with E-state index >= 15 is 0 Å². The quantitative estimate of drug-likeness (QED) is 0.341. The van der Waals surface area contributed by atoms with E-state index in [0.717, 1.165) is 21.8 Å². The second kappa shape index (κ2) is 8.60. The molecule has 0 spiro atoms. The summed E-state index contributed by atoms with van der Waals surface area (Å²) in [6.45, 7) is 2.08. The van der Waals surface area contributed by atoms with E-state index in [0.29, 0.717) is 16.7 Å². The molecule has 32 heavy (non-hydrogen) atoms. The van der Waals surface area contributed by atoms with Crippen LogP contribution in [0.3, 0.4) is 0 Å². The third-order valence-electron chi connectivity index (χ3n) is 4.87. The fourth-order valence-corrected chi connectivity index (χ4v) is 5.02. The molecule has 0 saturated carbocycles. The van der Waals surface area contributed by atoms with Crippen LogP contribution < -0.4 is 5.32 Å². The van der Waals surface area contributed by atoms with Gasteiger partial charge >= 0.3 is 0 Å². The normalized spacial score (nSPS) is 11.2. The van der Waals surface area contributed by atoms with Crippen LogP contribution in [0, 0.1) is 6.92 Å². The van der Waals surface area contributed by atoms with Crippen molar-refractivity contribution in [2.24, 2.45) is 7.05 Å². The number of nitrogens with zero attached hydrogens (tertiary/aromatic N) is 4.